The Morgan fingerprint density at radius 2 is 1.73 bits per heavy atom. The zero-order valence-electron chi connectivity index (χ0n) is 15.5. The van der Waals surface area contributed by atoms with Gasteiger partial charge in [0.25, 0.3) is 11.8 Å². The van der Waals surface area contributed by atoms with Crippen molar-refractivity contribution in [2.45, 2.75) is 9.79 Å². The van der Waals surface area contributed by atoms with Crippen molar-refractivity contribution in [2.24, 2.45) is 5.73 Å². The number of thiophene rings is 1. The van der Waals surface area contributed by atoms with Gasteiger partial charge in [0.1, 0.15) is 11.1 Å². The number of nitrogens with two attached hydrogens (primary N) is 1. The maximum absolute atomic E-state index is 12.5. The lowest BCUT2D eigenvalue weighted by Gasteiger charge is -2.10. The molecule has 2 aromatic carbocycles. The molecular formula is C21H15N3O4S2. The number of anilines is 1. The van der Waals surface area contributed by atoms with Gasteiger partial charge in [0.15, 0.2) is 6.61 Å². The molecule has 1 heterocycles. The fourth-order valence-corrected chi connectivity index (χ4v) is 4.29. The number of esters is 1. The van der Waals surface area contributed by atoms with E-state index in [1.54, 1.807) is 53.9 Å². The molecule has 0 aliphatic heterocycles. The molecule has 0 aliphatic rings. The predicted molar refractivity (Wildman–Crippen MR) is 113 cm³/mol. The van der Waals surface area contributed by atoms with E-state index in [1.165, 1.54) is 17.8 Å². The highest BCUT2D eigenvalue weighted by Crippen LogP contribution is 2.32. The number of primary amides is 1. The van der Waals surface area contributed by atoms with Crippen LogP contribution in [-0.4, -0.2) is 24.4 Å². The second kappa shape index (κ2) is 9.73. The van der Waals surface area contributed by atoms with Crippen molar-refractivity contribution >= 4 is 45.9 Å². The summed E-state index contributed by atoms with van der Waals surface area (Å²) in [6.45, 7) is -0.525. The molecule has 0 saturated carbocycles. The van der Waals surface area contributed by atoms with Crippen molar-refractivity contribution < 1.29 is 19.1 Å². The van der Waals surface area contributed by atoms with Crippen LogP contribution < -0.4 is 11.1 Å². The second-order valence-corrected chi connectivity index (χ2v) is 7.86. The van der Waals surface area contributed by atoms with Gasteiger partial charge in [-0.15, -0.1) is 11.3 Å². The quantitative estimate of drug-likeness (QED) is 0.544. The van der Waals surface area contributed by atoms with Gasteiger partial charge in [-0.05, 0) is 35.7 Å². The largest absolute Gasteiger partial charge is 0.452 e. The van der Waals surface area contributed by atoms with Gasteiger partial charge in [0.05, 0.1) is 16.7 Å². The number of nitriles is 1. The Balaban J connectivity index is 1.67. The van der Waals surface area contributed by atoms with Crippen LogP contribution >= 0.6 is 23.1 Å². The highest BCUT2D eigenvalue weighted by Gasteiger charge is 2.17. The van der Waals surface area contributed by atoms with Crippen LogP contribution in [0.15, 0.2) is 69.8 Å². The van der Waals surface area contributed by atoms with Crippen molar-refractivity contribution in [1.29, 1.82) is 5.26 Å². The summed E-state index contributed by atoms with van der Waals surface area (Å²) in [6, 6.07) is 17.4. The molecule has 0 spiro atoms. The Labute approximate surface area is 180 Å². The van der Waals surface area contributed by atoms with Gasteiger partial charge in [-0.25, -0.2) is 4.79 Å². The molecule has 30 heavy (non-hydrogen) atoms. The molecule has 150 valence electrons. The lowest BCUT2D eigenvalue weighted by atomic mass is 10.2. The summed E-state index contributed by atoms with van der Waals surface area (Å²) in [6.07, 6.45) is 0. The minimum Gasteiger partial charge on any atom is -0.452 e. The van der Waals surface area contributed by atoms with E-state index in [0.717, 1.165) is 11.3 Å². The molecule has 0 bridgehead atoms. The molecule has 7 nitrogen and oxygen atoms in total. The van der Waals surface area contributed by atoms with Crippen molar-refractivity contribution in [3.8, 4) is 6.07 Å². The third-order valence-electron chi connectivity index (χ3n) is 3.85. The van der Waals surface area contributed by atoms with Gasteiger partial charge >= 0.3 is 5.97 Å². The van der Waals surface area contributed by atoms with Gasteiger partial charge in [0, 0.05) is 9.79 Å². The van der Waals surface area contributed by atoms with E-state index in [9.17, 15) is 19.6 Å². The molecule has 2 amide bonds. The third-order valence-corrected chi connectivity index (χ3v) is 5.83. The maximum Gasteiger partial charge on any atom is 0.339 e. The van der Waals surface area contributed by atoms with Crippen LogP contribution in [0, 0.1) is 11.3 Å². The van der Waals surface area contributed by atoms with E-state index < -0.39 is 24.4 Å². The van der Waals surface area contributed by atoms with E-state index in [2.05, 4.69) is 11.4 Å². The minimum absolute atomic E-state index is 0.192. The molecule has 3 aromatic rings. The number of hydrogen-bond donors (Lipinski definition) is 2. The summed E-state index contributed by atoms with van der Waals surface area (Å²) in [7, 11) is 0. The van der Waals surface area contributed by atoms with Crippen LogP contribution in [0.3, 0.4) is 0 Å². The van der Waals surface area contributed by atoms with Gasteiger partial charge in [-0.1, -0.05) is 36.0 Å². The zero-order valence-corrected chi connectivity index (χ0v) is 17.1. The van der Waals surface area contributed by atoms with Gasteiger partial charge in [0.2, 0.25) is 0 Å². The fraction of sp³-hybridized carbons (Fsp3) is 0.0476. The summed E-state index contributed by atoms with van der Waals surface area (Å²) in [5, 5.41) is 13.7. The molecule has 9 heteroatoms. The molecule has 1 aromatic heterocycles. The number of hydrogen-bond acceptors (Lipinski definition) is 7. The average Bonchev–Trinajstić information content (AvgIpc) is 3.21. The number of ether oxygens (including phenoxy) is 1. The number of nitrogens with one attached hydrogen (secondary N) is 1. The zero-order chi connectivity index (χ0) is 21.5. The highest BCUT2D eigenvalue weighted by atomic mass is 32.2. The number of nitrogens with zero attached hydrogens (tertiary/aromatic N) is 1. The standard InChI is InChI=1S/C21H15N3O4S2/c22-11-13-5-1-3-7-16(13)30-17-8-4-2-6-14(17)21(27)28-12-18(25)24-20-15(19(23)26)9-10-29-20/h1-10H,12H2,(H2,23,26)(H,24,25). The lowest BCUT2D eigenvalue weighted by molar-refractivity contribution is -0.119. The summed E-state index contributed by atoms with van der Waals surface area (Å²) in [4.78, 5) is 37.3. The second-order valence-electron chi connectivity index (χ2n) is 5.86. The summed E-state index contributed by atoms with van der Waals surface area (Å²) < 4.78 is 5.13. The average molecular weight is 438 g/mol. The Morgan fingerprint density at radius 3 is 2.47 bits per heavy atom. The molecule has 3 N–H and O–H groups in total. The predicted octanol–water partition coefficient (Wildman–Crippen LogP) is 3.67. The Bertz CT molecular complexity index is 1150. The van der Waals surface area contributed by atoms with Crippen LogP contribution in [0.5, 0.6) is 0 Å². The highest BCUT2D eigenvalue weighted by molar-refractivity contribution is 7.99. The number of carbonyl (C=O) groups excluding carboxylic acids is 3. The number of amides is 2. The number of rotatable bonds is 7. The van der Waals surface area contributed by atoms with Crippen LogP contribution in [-0.2, 0) is 9.53 Å². The number of benzene rings is 2. The first kappa shape index (κ1) is 21.1. The maximum atomic E-state index is 12.5. The minimum atomic E-state index is -0.677. The van der Waals surface area contributed by atoms with Crippen molar-refractivity contribution in [3.05, 3.63) is 76.7 Å². The normalized spacial score (nSPS) is 10.1. The summed E-state index contributed by atoms with van der Waals surface area (Å²) in [5.74, 6) is -1.93. The van der Waals surface area contributed by atoms with Crippen molar-refractivity contribution in [1.82, 2.24) is 0 Å². The van der Waals surface area contributed by atoms with Gasteiger partial charge < -0.3 is 15.8 Å². The lowest BCUT2D eigenvalue weighted by Crippen LogP contribution is -2.22. The van der Waals surface area contributed by atoms with Crippen LogP contribution in [0.2, 0.25) is 0 Å². The fourth-order valence-electron chi connectivity index (χ4n) is 2.46. The van der Waals surface area contributed by atoms with Crippen molar-refractivity contribution in [3.63, 3.8) is 0 Å². The third kappa shape index (κ3) is 5.05. The van der Waals surface area contributed by atoms with E-state index in [4.69, 9.17) is 10.5 Å². The van der Waals surface area contributed by atoms with Crippen LogP contribution in [0.1, 0.15) is 26.3 Å². The van der Waals surface area contributed by atoms with E-state index in [0.29, 0.717) is 20.4 Å². The van der Waals surface area contributed by atoms with Crippen LogP contribution in [0.4, 0.5) is 5.00 Å². The van der Waals surface area contributed by atoms with E-state index in [-0.39, 0.29) is 11.1 Å². The molecule has 0 saturated heterocycles. The molecule has 0 atom stereocenters. The summed E-state index contributed by atoms with van der Waals surface area (Å²) >= 11 is 2.40. The topological polar surface area (TPSA) is 122 Å². The first-order valence-corrected chi connectivity index (χ1v) is 10.3. The Morgan fingerprint density at radius 1 is 1.03 bits per heavy atom. The molecule has 3 rings (SSSR count). The molecular weight excluding hydrogens is 422 g/mol. The first-order valence-electron chi connectivity index (χ1n) is 8.60. The molecule has 0 fully saturated rings. The SMILES string of the molecule is N#Cc1ccccc1Sc1ccccc1C(=O)OCC(=O)Nc1sccc1C(N)=O. The molecule has 0 unspecified atom stereocenters. The summed E-state index contributed by atoms with van der Waals surface area (Å²) in [5.41, 5.74) is 6.20. The smallest absolute Gasteiger partial charge is 0.339 e. The Hall–Kier alpha value is -3.61. The Kier molecular flexibility index (Phi) is 6.85. The molecule has 0 aliphatic carbocycles. The van der Waals surface area contributed by atoms with Gasteiger partial charge in [-0.3, -0.25) is 9.59 Å². The first-order chi connectivity index (χ1) is 14.5. The van der Waals surface area contributed by atoms with Crippen LogP contribution in [0.25, 0.3) is 0 Å². The van der Waals surface area contributed by atoms with E-state index in [1.807, 2.05) is 0 Å². The van der Waals surface area contributed by atoms with Gasteiger partial charge in [-0.2, -0.15) is 5.26 Å². The molecule has 0 radical (unpaired) electrons. The monoisotopic (exact) mass is 437 g/mol. The van der Waals surface area contributed by atoms with Crippen molar-refractivity contribution in [2.75, 3.05) is 11.9 Å². The number of carbonyl (C=O) groups is 3. The van der Waals surface area contributed by atoms with E-state index >= 15 is 0 Å².